The molecule has 1 aliphatic carbocycles. The third-order valence-corrected chi connectivity index (χ3v) is 10.1. The summed E-state index contributed by atoms with van der Waals surface area (Å²) < 4.78 is 42.8. The molecule has 11 heteroatoms. The predicted octanol–water partition coefficient (Wildman–Crippen LogP) is 2.29. The van der Waals surface area contributed by atoms with Crippen LogP contribution in [0.2, 0.25) is 0 Å². The molecule has 0 radical (unpaired) electrons. The molecule has 4 atom stereocenters. The largest absolute Gasteiger partial charge is 0.392 e. The molecule has 174 valence electrons. The van der Waals surface area contributed by atoms with Crippen molar-refractivity contribution in [3.05, 3.63) is 54.1 Å². The number of hydroxylamine groups is 1. The van der Waals surface area contributed by atoms with E-state index in [-0.39, 0.29) is 19.3 Å². The highest BCUT2D eigenvalue weighted by molar-refractivity contribution is 7.94. The highest BCUT2D eigenvalue weighted by Crippen LogP contribution is 2.38. The summed E-state index contributed by atoms with van der Waals surface area (Å²) in [4.78, 5) is 17.6. The van der Waals surface area contributed by atoms with E-state index < -0.39 is 41.1 Å². The van der Waals surface area contributed by atoms with Crippen molar-refractivity contribution in [2.45, 2.75) is 41.8 Å². The lowest BCUT2D eigenvalue weighted by Crippen LogP contribution is -2.51. The molecule has 1 aromatic rings. The molecule has 0 fully saturated rings. The van der Waals surface area contributed by atoms with Crippen LogP contribution in [0.4, 0.5) is 0 Å². The second kappa shape index (κ2) is 8.45. The number of benzene rings is 1. The van der Waals surface area contributed by atoms with E-state index in [1.54, 1.807) is 6.08 Å². The number of rotatable bonds is 7. The van der Waals surface area contributed by atoms with Crippen molar-refractivity contribution in [3.8, 4) is 0 Å². The summed E-state index contributed by atoms with van der Waals surface area (Å²) in [7, 11) is -7.08. The summed E-state index contributed by atoms with van der Waals surface area (Å²) in [6.07, 6.45) is 6.99. The van der Waals surface area contributed by atoms with Crippen LogP contribution >= 0.6 is 0 Å². The average molecular weight is 482 g/mol. The van der Waals surface area contributed by atoms with Crippen LogP contribution in [0, 0.1) is 4.78 Å². The zero-order chi connectivity index (χ0) is 23.8. The molecule has 2 unspecified atom stereocenters. The minimum atomic E-state index is -3.91. The first kappa shape index (κ1) is 24.1. The maximum Gasteiger partial charge on any atom is 0.264 e. The number of carbonyl (C=O) groups excluding carboxylic acids is 1. The van der Waals surface area contributed by atoms with Crippen molar-refractivity contribution in [2.75, 3.05) is 12.5 Å². The average Bonchev–Trinajstić information content (AvgIpc) is 3.20. The van der Waals surface area contributed by atoms with Crippen molar-refractivity contribution in [2.24, 2.45) is 5.16 Å². The minimum Gasteiger partial charge on any atom is -0.392 e. The van der Waals surface area contributed by atoms with Crippen LogP contribution < -0.4 is 5.48 Å². The van der Waals surface area contributed by atoms with E-state index in [0.717, 1.165) is 17.4 Å². The van der Waals surface area contributed by atoms with Gasteiger partial charge in [0.15, 0.2) is 14.6 Å². The Bertz CT molecular complexity index is 1210. The molecule has 1 heterocycles. The van der Waals surface area contributed by atoms with Crippen molar-refractivity contribution in [1.29, 1.82) is 4.78 Å². The zero-order valence-electron chi connectivity index (χ0n) is 18.1. The van der Waals surface area contributed by atoms with E-state index in [0.29, 0.717) is 5.71 Å². The molecule has 0 aromatic heterocycles. The maximum atomic E-state index is 13.1. The third kappa shape index (κ3) is 4.24. The molecule has 1 aliphatic heterocycles. The molecule has 9 nitrogen and oxygen atoms in total. The Morgan fingerprint density at radius 1 is 1.31 bits per heavy atom. The molecule has 0 bridgehead atoms. The first-order valence-corrected chi connectivity index (χ1v) is 13.8. The smallest absolute Gasteiger partial charge is 0.264 e. The number of hydrogen-bond acceptors (Lipinski definition) is 8. The molecular formula is C21H27N3O6S2. The summed E-state index contributed by atoms with van der Waals surface area (Å²) in [5.74, 6) is -1.07. The maximum absolute atomic E-state index is 13.1. The highest BCUT2D eigenvalue weighted by Gasteiger charge is 2.50. The summed E-state index contributed by atoms with van der Waals surface area (Å²) in [6, 6.07) is 9.66. The number of sulfone groups is 1. The fourth-order valence-corrected chi connectivity index (χ4v) is 6.12. The molecule has 32 heavy (non-hydrogen) atoms. The Morgan fingerprint density at radius 2 is 1.97 bits per heavy atom. The fourth-order valence-electron chi connectivity index (χ4n) is 3.95. The van der Waals surface area contributed by atoms with Crippen LogP contribution in [0.15, 0.2) is 53.7 Å². The van der Waals surface area contributed by atoms with Crippen LogP contribution in [-0.4, -0.2) is 57.6 Å². The molecular weight excluding hydrogens is 454 g/mol. The summed E-state index contributed by atoms with van der Waals surface area (Å²) in [5.41, 5.74) is 3.70. The molecule has 0 spiro atoms. The number of amides is 1. The summed E-state index contributed by atoms with van der Waals surface area (Å²) in [6.45, 7) is 1.20. The van der Waals surface area contributed by atoms with Crippen LogP contribution in [-0.2, 0) is 29.2 Å². The van der Waals surface area contributed by atoms with Gasteiger partial charge in [0.2, 0.25) is 0 Å². The van der Waals surface area contributed by atoms with Gasteiger partial charge in [-0.05, 0) is 24.5 Å². The van der Waals surface area contributed by atoms with Gasteiger partial charge in [0.05, 0.1) is 15.4 Å². The van der Waals surface area contributed by atoms with Gasteiger partial charge in [-0.25, -0.2) is 18.1 Å². The normalized spacial score (nSPS) is 26.8. The number of nitrogens with zero attached hydrogens (tertiary/aromatic N) is 1. The van der Waals surface area contributed by atoms with E-state index >= 15 is 0 Å². The second-order valence-corrected chi connectivity index (χ2v) is 13.3. The van der Waals surface area contributed by atoms with E-state index in [9.17, 15) is 17.4 Å². The van der Waals surface area contributed by atoms with Crippen molar-refractivity contribution in [1.82, 2.24) is 5.48 Å². The van der Waals surface area contributed by atoms with Crippen molar-refractivity contribution < 1.29 is 27.5 Å². The van der Waals surface area contributed by atoms with E-state index in [4.69, 9.17) is 14.8 Å². The SMILES string of the molecule is C[C@@](C[C@H]1CC(C2(S(C)(=N)=O)C=CC(c3ccccc3)=CC2)=NO1)(C(=O)NO)S(C)(=O)=O. The minimum absolute atomic E-state index is 0.104. The van der Waals surface area contributed by atoms with Crippen LogP contribution in [0.3, 0.4) is 0 Å². The zero-order valence-corrected chi connectivity index (χ0v) is 19.7. The Labute approximate surface area is 188 Å². The Hall–Kier alpha value is -2.50. The van der Waals surface area contributed by atoms with E-state index in [1.807, 2.05) is 42.5 Å². The van der Waals surface area contributed by atoms with Gasteiger partial charge in [-0.15, -0.1) is 0 Å². The van der Waals surface area contributed by atoms with E-state index in [2.05, 4.69) is 5.16 Å². The molecule has 1 amide bonds. The monoisotopic (exact) mass is 481 g/mol. The molecule has 0 saturated carbocycles. The van der Waals surface area contributed by atoms with Crippen molar-refractivity contribution >= 4 is 36.8 Å². The predicted molar refractivity (Wildman–Crippen MR) is 122 cm³/mol. The lowest BCUT2D eigenvalue weighted by molar-refractivity contribution is -0.132. The number of oxime groups is 1. The molecule has 0 saturated heterocycles. The van der Waals surface area contributed by atoms with E-state index in [1.165, 1.54) is 18.7 Å². The lowest BCUT2D eigenvalue weighted by Gasteiger charge is -2.32. The van der Waals surface area contributed by atoms with Gasteiger partial charge in [0.25, 0.3) is 5.91 Å². The Morgan fingerprint density at radius 3 is 2.47 bits per heavy atom. The molecule has 3 rings (SSSR count). The number of carbonyl (C=O) groups is 1. The molecule has 3 N–H and O–H groups in total. The Kier molecular flexibility index (Phi) is 6.38. The van der Waals surface area contributed by atoms with Gasteiger partial charge in [-0.3, -0.25) is 14.8 Å². The summed E-state index contributed by atoms with van der Waals surface area (Å²) in [5, 5.41) is 13.1. The third-order valence-electron chi connectivity index (χ3n) is 6.20. The van der Waals surface area contributed by atoms with Gasteiger partial charge in [-0.1, -0.05) is 53.7 Å². The van der Waals surface area contributed by atoms with Gasteiger partial charge in [0, 0.05) is 25.4 Å². The lowest BCUT2D eigenvalue weighted by atomic mass is 9.86. The fraction of sp³-hybridized carbons (Fsp3) is 0.429. The first-order chi connectivity index (χ1) is 14.8. The first-order valence-electron chi connectivity index (χ1n) is 9.89. The topological polar surface area (TPSA) is 146 Å². The van der Waals surface area contributed by atoms with Crippen molar-refractivity contribution in [3.63, 3.8) is 0 Å². The van der Waals surface area contributed by atoms with Gasteiger partial charge >= 0.3 is 0 Å². The number of nitrogens with one attached hydrogen (secondary N) is 2. The van der Waals surface area contributed by atoms with Crippen LogP contribution in [0.25, 0.3) is 5.57 Å². The van der Waals surface area contributed by atoms with Crippen LogP contribution in [0.1, 0.15) is 31.7 Å². The highest BCUT2D eigenvalue weighted by atomic mass is 32.2. The number of allylic oxidation sites excluding steroid dienone is 3. The number of hydrogen-bond donors (Lipinski definition) is 3. The second-order valence-electron chi connectivity index (χ2n) is 8.41. The van der Waals surface area contributed by atoms with Gasteiger partial charge in [0.1, 0.15) is 10.9 Å². The Balaban J connectivity index is 1.86. The van der Waals surface area contributed by atoms with Crippen LogP contribution in [0.5, 0.6) is 0 Å². The molecule has 2 aliphatic rings. The van der Waals surface area contributed by atoms with Gasteiger partial charge < -0.3 is 4.84 Å². The van der Waals surface area contributed by atoms with Gasteiger partial charge in [-0.2, -0.15) is 0 Å². The quantitative estimate of drug-likeness (QED) is 0.402. The summed E-state index contributed by atoms with van der Waals surface area (Å²) >= 11 is 0. The molecule has 1 aromatic carbocycles. The standard InChI is InChI=1S/C21H27N3O6S2/c1-20(19(25)23-26,32(3,28)29)14-17-13-18(24-30-17)21(31(2,22)27)11-9-16(10-12-21)15-7-5-4-6-8-15/h4-11,17,22,26H,12-14H2,1-3H3,(H,23,25)/t17-,20-,21?,31?/m1/s1.